The van der Waals surface area contributed by atoms with Gasteiger partial charge in [0, 0.05) is 44.5 Å². The van der Waals surface area contributed by atoms with Gasteiger partial charge < -0.3 is 14.2 Å². The Kier molecular flexibility index (Phi) is 22.9. The SMILES string of the molecule is c1ccc(-c2cc(-c3ccccc3)nc(-c3cccc4c3Oc3ccccc3[Si]4(c3ccccc3)c3ccccc3)n2)cc1.c1ccc(-c2nc(-c3ccccc3)nc(-c3cccc(-c4cccc5c4Oc4ccccc4[Si]5(c4ccccc4)c4ccccc4)c3)n2)cc1.c1ccc(-c2nc(-c3ccccc3)nc(-c3cccc4c3Oc3ccccc3[Si]4(c3ccccc3)c3ccccc3)n2)cc1. The highest BCUT2D eigenvalue weighted by Crippen LogP contribution is 2.43. The fraction of sp³-hybridized carbons (Fsp3) is 0. The van der Waals surface area contributed by atoms with Crippen molar-refractivity contribution >= 4 is 86.5 Å². The molecule has 0 spiro atoms. The zero-order chi connectivity index (χ0) is 92.0. The summed E-state index contributed by atoms with van der Waals surface area (Å²) in [5.74, 6) is 9.55. The van der Waals surface area contributed by atoms with Gasteiger partial charge in [0.05, 0.1) is 22.5 Å². The van der Waals surface area contributed by atoms with Crippen molar-refractivity contribution in [2.45, 2.75) is 0 Å². The monoisotopic (exact) mass is 1820 g/mol. The van der Waals surface area contributed by atoms with E-state index in [0.717, 1.165) is 107 Å². The summed E-state index contributed by atoms with van der Waals surface area (Å²) in [5, 5.41) is 15.2. The van der Waals surface area contributed by atoms with Crippen LogP contribution >= 0.6 is 0 Å². The third kappa shape index (κ3) is 15.6. The van der Waals surface area contributed by atoms with Crippen molar-refractivity contribution < 1.29 is 14.2 Å². The molecule has 138 heavy (non-hydrogen) atoms. The first kappa shape index (κ1) is 84.6. The molecule has 3 aromatic heterocycles. The predicted molar refractivity (Wildman–Crippen MR) is 567 cm³/mol. The van der Waals surface area contributed by atoms with E-state index in [0.29, 0.717) is 40.8 Å². The second-order valence-electron chi connectivity index (χ2n) is 34.1. The molecular formula is C124H86N8O3Si3. The lowest BCUT2D eigenvalue weighted by molar-refractivity contribution is 0.488. The van der Waals surface area contributed by atoms with Gasteiger partial charge in [0.15, 0.2) is 65.0 Å². The molecule has 0 N–H and O–H groups in total. The summed E-state index contributed by atoms with van der Waals surface area (Å²) in [6, 6.07) is 182. The molecule has 0 amide bonds. The van der Waals surface area contributed by atoms with Gasteiger partial charge in [-0.2, -0.15) is 0 Å². The maximum Gasteiger partial charge on any atom is 0.188 e. The summed E-state index contributed by atoms with van der Waals surface area (Å²) in [5.41, 5.74) is 12.3. The van der Waals surface area contributed by atoms with E-state index in [1.54, 1.807) is 0 Å². The fourth-order valence-electron chi connectivity index (χ4n) is 20.0. The Morgan fingerprint density at radius 1 is 0.138 bits per heavy atom. The van der Waals surface area contributed by atoms with Crippen LogP contribution in [-0.4, -0.2) is 64.1 Å². The highest BCUT2D eigenvalue weighted by atomic mass is 28.3. The molecule has 0 saturated carbocycles. The maximum absolute atomic E-state index is 6.95. The first-order valence-electron chi connectivity index (χ1n) is 46.3. The van der Waals surface area contributed by atoms with Gasteiger partial charge >= 0.3 is 0 Å². The topological polar surface area (TPSA) is 131 Å². The molecule has 0 aliphatic carbocycles. The van der Waals surface area contributed by atoms with Crippen molar-refractivity contribution in [3.8, 4) is 148 Å². The van der Waals surface area contributed by atoms with Crippen LogP contribution in [0.15, 0.2) is 522 Å². The van der Waals surface area contributed by atoms with Crippen LogP contribution in [0, 0.1) is 0 Å². The number of aromatic nitrogens is 8. The van der Waals surface area contributed by atoms with Crippen LogP contribution in [0.2, 0.25) is 0 Å². The van der Waals surface area contributed by atoms with E-state index in [2.05, 4.69) is 358 Å². The second kappa shape index (κ2) is 37.4. The second-order valence-corrected chi connectivity index (χ2v) is 45.3. The van der Waals surface area contributed by atoms with Gasteiger partial charge in [-0.15, -0.1) is 0 Å². The Bertz CT molecular complexity index is 7550. The smallest absolute Gasteiger partial charge is 0.188 e. The van der Waals surface area contributed by atoms with Gasteiger partial charge in [-0.25, -0.2) is 39.9 Å². The van der Waals surface area contributed by atoms with Crippen LogP contribution in [-0.2, 0) is 0 Å². The van der Waals surface area contributed by atoms with Gasteiger partial charge in [0.25, 0.3) is 0 Å². The minimum atomic E-state index is -2.79. The lowest BCUT2D eigenvalue weighted by Crippen LogP contribution is -2.76. The molecule has 3 aliphatic heterocycles. The molecule has 0 atom stereocenters. The zero-order valence-electron chi connectivity index (χ0n) is 75.0. The highest BCUT2D eigenvalue weighted by molar-refractivity contribution is 7.22. The number of ether oxygens (including phenoxy) is 3. The van der Waals surface area contributed by atoms with Crippen molar-refractivity contribution in [3.05, 3.63) is 522 Å². The molecule has 14 heteroatoms. The Labute approximate surface area is 804 Å². The van der Waals surface area contributed by atoms with E-state index in [9.17, 15) is 0 Å². The van der Waals surface area contributed by atoms with Gasteiger partial charge in [0.1, 0.15) is 34.5 Å². The molecule has 0 radical (unpaired) electrons. The van der Waals surface area contributed by atoms with Crippen molar-refractivity contribution in [1.29, 1.82) is 0 Å². The zero-order valence-corrected chi connectivity index (χ0v) is 78.0. The summed E-state index contributed by atoms with van der Waals surface area (Å²) in [6.45, 7) is 0. The van der Waals surface area contributed by atoms with Crippen molar-refractivity contribution in [2.75, 3.05) is 0 Å². The summed E-state index contributed by atoms with van der Waals surface area (Å²) >= 11 is 0. The standard InChI is InChI=1S/C45H31N3OSi.C40H28N2OSi.C39H27N3OSi/c1-5-17-32(18-6-1)43-46-44(33-19-7-2-8-20-33)48-45(47-43)35-22-15-21-34(31-35)38-27-16-30-41-42(38)49-39-28-13-14-29-40(39)50(41,36-23-9-3-10-24-36)37-25-11-4-12-26-37;1-5-16-29(17-6-1)34-28-35(30-18-7-2-8-19-30)42-40(41-34)33-24-15-27-38-39(33)43-36-25-13-14-26-37(36)44(38,31-20-9-3-10-21-31)32-22-11-4-12-23-32;1-5-16-28(17-6-1)37-40-38(29-18-7-2-8-19-29)42-39(41-37)32-24-15-27-35-36(32)43-33-25-13-14-26-34(33)44(35,30-20-9-3-10-21-30)31-22-11-4-12-23-31/h1-31H;1-28H;1-27H. The number of fused-ring (bicyclic) bond motifs is 6. The maximum atomic E-state index is 6.95. The molecule has 0 fully saturated rings. The summed E-state index contributed by atoms with van der Waals surface area (Å²) < 4.78 is 20.7. The lowest BCUT2D eigenvalue weighted by Gasteiger charge is -2.40. The van der Waals surface area contributed by atoms with Crippen molar-refractivity contribution in [2.24, 2.45) is 0 Å². The third-order valence-corrected chi connectivity index (χ3v) is 40.6. The quantitative estimate of drug-likeness (QED) is 0.0857. The molecule has 22 aromatic rings. The highest BCUT2D eigenvalue weighted by Gasteiger charge is 2.52. The molecule has 11 nitrogen and oxygen atoms in total. The van der Waals surface area contributed by atoms with Crippen LogP contribution in [0.3, 0.4) is 0 Å². The molecule has 652 valence electrons. The van der Waals surface area contributed by atoms with E-state index in [1.165, 1.54) is 62.2 Å². The van der Waals surface area contributed by atoms with Crippen LogP contribution in [0.25, 0.3) is 113 Å². The van der Waals surface area contributed by atoms with Gasteiger partial charge in [-0.3, -0.25) is 0 Å². The average Bonchev–Trinajstić information content (AvgIpc) is 0.709. The largest absolute Gasteiger partial charge is 0.457 e. The van der Waals surface area contributed by atoms with E-state index in [-0.39, 0.29) is 0 Å². The predicted octanol–water partition coefficient (Wildman–Crippen LogP) is 21.3. The first-order valence-corrected chi connectivity index (χ1v) is 52.3. The summed E-state index contributed by atoms with van der Waals surface area (Å²) in [6.07, 6.45) is 0. The normalized spacial score (nSPS) is 12.8. The van der Waals surface area contributed by atoms with Crippen LogP contribution in [0.5, 0.6) is 34.5 Å². The Hall–Kier alpha value is -17.7. The molecule has 3 aliphatic rings. The average molecular weight is 1820 g/mol. The lowest BCUT2D eigenvalue weighted by atomic mass is 10.0. The first-order chi connectivity index (χ1) is 68.4. The number of nitrogens with zero attached hydrogens (tertiary/aromatic N) is 8. The number of para-hydroxylation sites is 6. The van der Waals surface area contributed by atoms with Crippen molar-refractivity contribution in [3.63, 3.8) is 0 Å². The van der Waals surface area contributed by atoms with E-state index in [4.69, 9.17) is 54.1 Å². The van der Waals surface area contributed by atoms with Gasteiger partial charge in [-0.05, 0) is 110 Å². The van der Waals surface area contributed by atoms with Crippen LogP contribution in [0.4, 0.5) is 0 Å². The number of hydrogen-bond donors (Lipinski definition) is 0. The minimum Gasteiger partial charge on any atom is -0.457 e. The number of rotatable bonds is 16. The molecule has 0 bridgehead atoms. The molecule has 25 rings (SSSR count). The minimum absolute atomic E-state index is 0.581. The Balaban J connectivity index is 0.000000116. The molecule has 0 saturated heterocycles. The van der Waals surface area contributed by atoms with Crippen LogP contribution < -0.4 is 76.5 Å². The molecular weight excluding hydrogens is 1730 g/mol. The van der Waals surface area contributed by atoms with Crippen LogP contribution in [0.1, 0.15) is 0 Å². The molecule has 0 unspecified atom stereocenters. The van der Waals surface area contributed by atoms with E-state index in [1.807, 2.05) is 164 Å². The van der Waals surface area contributed by atoms with Gasteiger partial charge in [-0.1, -0.05) is 479 Å². The third-order valence-electron chi connectivity index (χ3n) is 26.2. The molecule has 6 heterocycles. The van der Waals surface area contributed by atoms with E-state index < -0.39 is 24.2 Å². The summed E-state index contributed by atoms with van der Waals surface area (Å²) in [7, 11) is -8.33. The fourth-order valence-corrected chi connectivity index (χ4v) is 35.0. The molecule has 19 aromatic carbocycles. The Morgan fingerprint density at radius 2 is 0.341 bits per heavy atom. The van der Waals surface area contributed by atoms with Gasteiger partial charge in [0.2, 0.25) is 0 Å². The number of benzene rings is 19. The summed E-state index contributed by atoms with van der Waals surface area (Å²) in [4.78, 5) is 40.3. The van der Waals surface area contributed by atoms with E-state index >= 15 is 0 Å². The van der Waals surface area contributed by atoms with Crippen molar-refractivity contribution in [1.82, 2.24) is 39.9 Å². The Morgan fingerprint density at radius 3 is 0.638 bits per heavy atom. The number of hydrogen-bond acceptors (Lipinski definition) is 11.